The third-order valence-corrected chi connectivity index (χ3v) is 5.02. The first-order valence-corrected chi connectivity index (χ1v) is 8.66. The Balaban J connectivity index is 1.71. The largest absolute Gasteiger partial charge is 0.387 e. The maximum absolute atomic E-state index is 10.3. The van der Waals surface area contributed by atoms with Crippen LogP contribution in [0.1, 0.15) is 36.3 Å². The SMILES string of the molecule is C=CCn1c(SCC(O)c2ccccc2Cl)nnc1C1CC1. The van der Waals surface area contributed by atoms with E-state index < -0.39 is 6.10 Å². The molecular weight excluding hydrogens is 318 g/mol. The van der Waals surface area contributed by atoms with Crippen LogP contribution < -0.4 is 0 Å². The van der Waals surface area contributed by atoms with Gasteiger partial charge in [-0.1, -0.05) is 47.6 Å². The Kier molecular flexibility index (Phi) is 4.86. The molecule has 1 aliphatic carbocycles. The minimum atomic E-state index is -0.628. The van der Waals surface area contributed by atoms with Gasteiger partial charge in [-0.25, -0.2) is 0 Å². The summed E-state index contributed by atoms with van der Waals surface area (Å²) in [7, 11) is 0. The van der Waals surface area contributed by atoms with Crippen LogP contribution in [0.5, 0.6) is 0 Å². The zero-order valence-corrected chi connectivity index (χ0v) is 13.7. The first-order chi connectivity index (χ1) is 10.7. The van der Waals surface area contributed by atoms with Gasteiger partial charge in [0.1, 0.15) is 5.82 Å². The second kappa shape index (κ2) is 6.86. The highest BCUT2D eigenvalue weighted by Gasteiger charge is 2.30. The summed E-state index contributed by atoms with van der Waals surface area (Å²) in [5, 5.41) is 20.3. The Labute approximate surface area is 139 Å². The molecule has 1 atom stereocenters. The summed E-state index contributed by atoms with van der Waals surface area (Å²) in [5.41, 5.74) is 0.744. The van der Waals surface area contributed by atoms with Crippen LogP contribution in [0.4, 0.5) is 0 Å². The van der Waals surface area contributed by atoms with Crippen molar-refractivity contribution in [2.75, 3.05) is 5.75 Å². The Morgan fingerprint density at radius 2 is 2.18 bits per heavy atom. The predicted molar refractivity (Wildman–Crippen MR) is 89.3 cm³/mol. The number of allylic oxidation sites excluding steroid dienone is 1. The van der Waals surface area contributed by atoms with Crippen molar-refractivity contribution in [3.05, 3.63) is 53.3 Å². The molecular formula is C16H18ClN3OS. The second-order valence-corrected chi connectivity index (χ2v) is 6.76. The van der Waals surface area contributed by atoms with Crippen LogP contribution in [0.3, 0.4) is 0 Å². The lowest BCUT2D eigenvalue weighted by Crippen LogP contribution is -2.05. The van der Waals surface area contributed by atoms with Crippen molar-refractivity contribution in [2.24, 2.45) is 0 Å². The van der Waals surface area contributed by atoms with Crippen LogP contribution >= 0.6 is 23.4 Å². The van der Waals surface area contributed by atoms with Crippen LogP contribution in [0, 0.1) is 0 Å². The van der Waals surface area contributed by atoms with Crippen LogP contribution in [0.2, 0.25) is 5.02 Å². The number of aliphatic hydroxyl groups excluding tert-OH is 1. The van der Waals surface area contributed by atoms with Gasteiger partial charge in [-0.15, -0.1) is 16.8 Å². The van der Waals surface area contributed by atoms with Crippen LogP contribution in [-0.2, 0) is 6.54 Å². The van der Waals surface area contributed by atoms with Gasteiger partial charge in [0.25, 0.3) is 0 Å². The molecule has 1 heterocycles. The van der Waals surface area contributed by atoms with Gasteiger partial charge in [-0.05, 0) is 24.5 Å². The van der Waals surface area contributed by atoms with Gasteiger partial charge in [0.2, 0.25) is 0 Å². The van der Waals surface area contributed by atoms with E-state index in [4.69, 9.17) is 11.6 Å². The number of thioether (sulfide) groups is 1. The number of hydrogen-bond donors (Lipinski definition) is 1. The summed E-state index contributed by atoms with van der Waals surface area (Å²) < 4.78 is 2.09. The number of benzene rings is 1. The summed E-state index contributed by atoms with van der Waals surface area (Å²) in [4.78, 5) is 0. The Hall–Kier alpha value is -1.30. The molecule has 2 aromatic rings. The van der Waals surface area contributed by atoms with E-state index in [1.807, 2.05) is 24.3 Å². The van der Waals surface area contributed by atoms with Gasteiger partial charge in [0, 0.05) is 23.2 Å². The maximum atomic E-state index is 10.3. The third-order valence-electron chi connectivity index (χ3n) is 3.63. The molecule has 1 aromatic carbocycles. The molecule has 6 heteroatoms. The topological polar surface area (TPSA) is 50.9 Å². The highest BCUT2D eigenvalue weighted by atomic mass is 35.5. The number of hydrogen-bond acceptors (Lipinski definition) is 4. The molecule has 22 heavy (non-hydrogen) atoms. The number of nitrogens with zero attached hydrogens (tertiary/aromatic N) is 3. The quantitative estimate of drug-likeness (QED) is 0.617. The Morgan fingerprint density at radius 3 is 2.86 bits per heavy atom. The molecule has 1 aliphatic rings. The van der Waals surface area contributed by atoms with E-state index in [0.717, 1.165) is 16.5 Å². The fourth-order valence-corrected chi connectivity index (χ4v) is 3.51. The van der Waals surface area contributed by atoms with Crippen LogP contribution in [-0.4, -0.2) is 25.6 Å². The number of aromatic nitrogens is 3. The lowest BCUT2D eigenvalue weighted by molar-refractivity contribution is 0.204. The zero-order chi connectivity index (χ0) is 15.5. The predicted octanol–water partition coefficient (Wildman–Crippen LogP) is 3.82. The zero-order valence-electron chi connectivity index (χ0n) is 12.2. The van der Waals surface area contributed by atoms with E-state index in [1.165, 1.54) is 24.6 Å². The van der Waals surface area contributed by atoms with Crippen molar-refractivity contribution < 1.29 is 5.11 Å². The van der Waals surface area contributed by atoms with Crippen LogP contribution in [0.15, 0.2) is 42.1 Å². The normalized spacial score (nSPS) is 15.7. The minimum absolute atomic E-state index is 0.490. The van der Waals surface area contributed by atoms with Gasteiger partial charge in [-0.2, -0.15) is 0 Å². The fraction of sp³-hybridized carbons (Fsp3) is 0.375. The van der Waals surface area contributed by atoms with Gasteiger partial charge >= 0.3 is 0 Å². The first kappa shape index (κ1) is 15.6. The average molecular weight is 336 g/mol. The van der Waals surface area contributed by atoms with Crippen molar-refractivity contribution in [1.82, 2.24) is 14.8 Å². The Bertz CT molecular complexity index is 669. The molecule has 1 fully saturated rings. The molecule has 4 nitrogen and oxygen atoms in total. The van der Waals surface area contributed by atoms with E-state index >= 15 is 0 Å². The number of rotatable bonds is 7. The van der Waals surface area contributed by atoms with Crippen molar-refractivity contribution in [1.29, 1.82) is 0 Å². The monoisotopic (exact) mass is 335 g/mol. The van der Waals surface area contributed by atoms with E-state index in [1.54, 1.807) is 6.07 Å². The highest BCUT2D eigenvalue weighted by molar-refractivity contribution is 7.99. The number of halogens is 1. The third kappa shape index (κ3) is 3.37. The summed E-state index contributed by atoms with van der Waals surface area (Å²) in [6.45, 7) is 4.50. The molecule has 0 aliphatic heterocycles. The lowest BCUT2D eigenvalue weighted by Gasteiger charge is -2.12. The van der Waals surface area contributed by atoms with Gasteiger partial charge < -0.3 is 9.67 Å². The summed E-state index contributed by atoms with van der Waals surface area (Å²) in [6, 6.07) is 7.36. The molecule has 1 aromatic heterocycles. The van der Waals surface area contributed by atoms with Crippen molar-refractivity contribution in [2.45, 2.75) is 36.6 Å². The maximum Gasteiger partial charge on any atom is 0.191 e. The van der Waals surface area contributed by atoms with Gasteiger partial charge in [-0.3, -0.25) is 0 Å². The van der Waals surface area contributed by atoms with Crippen molar-refractivity contribution in [3.8, 4) is 0 Å². The smallest absolute Gasteiger partial charge is 0.191 e. The molecule has 116 valence electrons. The standard InChI is InChI=1S/C16H18ClN3OS/c1-2-9-20-15(11-7-8-11)18-19-16(20)22-10-14(21)12-5-3-4-6-13(12)17/h2-6,11,14,21H,1,7-10H2. The molecule has 0 saturated heterocycles. The summed E-state index contributed by atoms with van der Waals surface area (Å²) in [5.74, 6) is 2.06. The minimum Gasteiger partial charge on any atom is -0.387 e. The molecule has 1 saturated carbocycles. The molecule has 1 N–H and O–H groups in total. The van der Waals surface area contributed by atoms with Gasteiger partial charge in [0.05, 0.1) is 6.10 Å². The van der Waals surface area contributed by atoms with Crippen LogP contribution in [0.25, 0.3) is 0 Å². The highest BCUT2D eigenvalue weighted by Crippen LogP contribution is 2.40. The molecule has 3 rings (SSSR count). The molecule has 0 amide bonds. The Morgan fingerprint density at radius 1 is 1.41 bits per heavy atom. The second-order valence-electron chi connectivity index (χ2n) is 5.36. The summed E-state index contributed by atoms with van der Waals surface area (Å²) in [6.07, 6.45) is 3.59. The first-order valence-electron chi connectivity index (χ1n) is 7.30. The van der Waals surface area contributed by atoms with E-state index in [0.29, 0.717) is 23.2 Å². The molecule has 1 unspecified atom stereocenters. The van der Waals surface area contributed by atoms with E-state index in [-0.39, 0.29) is 0 Å². The molecule has 0 radical (unpaired) electrons. The molecule has 0 spiro atoms. The fourth-order valence-electron chi connectivity index (χ4n) is 2.34. The van der Waals surface area contributed by atoms with Crippen molar-refractivity contribution in [3.63, 3.8) is 0 Å². The van der Waals surface area contributed by atoms with Crippen molar-refractivity contribution >= 4 is 23.4 Å². The summed E-state index contributed by atoms with van der Waals surface area (Å²) >= 11 is 7.62. The number of aliphatic hydroxyl groups is 1. The lowest BCUT2D eigenvalue weighted by atomic mass is 10.1. The molecule has 0 bridgehead atoms. The van der Waals surface area contributed by atoms with E-state index in [2.05, 4.69) is 21.3 Å². The van der Waals surface area contributed by atoms with Gasteiger partial charge in [0.15, 0.2) is 5.16 Å². The van der Waals surface area contributed by atoms with E-state index in [9.17, 15) is 5.11 Å². The average Bonchev–Trinajstić information content (AvgIpc) is 3.28.